The van der Waals surface area contributed by atoms with E-state index >= 15 is 0 Å². The summed E-state index contributed by atoms with van der Waals surface area (Å²) in [6.07, 6.45) is 5.47. The van der Waals surface area contributed by atoms with E-state index in [-0.39, 0.29) is 11.9 Å². The highest BCUT2D eigenvalue weighted by atomic mass is 32.1. The first-order valence-corrected chi connectivity index (χ1v) is 10.6. The maximum Gasteiger partial charge on any atom is 0.316 e. The first-order valence-electron chi connectivity index (χ1n) is 9.83. The van der Waals surface area contributed by atoms with Crippen molar-refractivity contribution in [2.75, 3.05) is 18.4 Å². The number of carbonyl (C=O) groups is 2. The van der Waals surface area contributed by atoms with Gasteiger partial charge in [-0.1, -0.05) is 18.2 Å². The van der Waals surface area contributed by atoms with Gasteiger partial charge in [0.25, 0.3) is 5.91 Å². The molecule has 2 aromatic heterocycles. The van der Waals surface area contributed by atoms with Gasteiger partial charge in [-0.2, -0.15) is 0 Å². The van der Waals surface area contributed by atoms with Gasteiger partial charge in [0.2, 0.25) is 0 Å². The molecule has 3 aromatic rings. The molecule has 5 N–H and O–H groups in total. The number of benzene rings is 1. The molecule has 30 heavy (non-hydrogen) atoms. The van der Waals surface area contributed by atoms with Crippen LogP contribution in [0.5, 0.6) is 0 Å². The van der Waals surface area contributed by atoms with E-state index in [2.05, 4.69) is 27.0 Å². The molecule has 1 aliphatic rings. The minimum absolute atomic E-state index is 0.0771. The number of amides is 3. The van der Waals surface area contributed by atoms with E-state index in [1.54, 1.807) is 18.5 Å². The monoisotopic (exact) mass is 421 g/mol. The molecule has 8 heteroatoms. The van der Waals surface area contributed by atoms with E-state index in [1.165, 1.54) is 11.3 Å². The molecule has 0 aliphatic carbocycles. The van der Waals surface area contributed by atoms with E-state index in [1.807, 2.05) is 30.3 Å². The van der Waals surface area contributed by atoms with Gasteiger partial charge in [0, 0.05) is 29.9 Å². The highest BCUT2D eigenvalue weighted by Gasteiger charge is 2.22. The molecule has 1 saturated heterocycles. The zero-order valence-corrected chi connectivity index (χ0v) is 17.2. The minimum Gasteiger partial charge on any atom is -0.351 e. The zero-order chi connectivity index (χ0) is 20.9. The Hall–Kier alpha value is -3.23. The van der Waals surface area contributed by atoms with E-state index in [9.17, 15) is 9.59 Å². The average molecular weight is 422 g/mol. The number of aromatic nitrogens is 1. The van der Waals surface area contributed by atoms with Gasteiger partial charge < -0.3 is 21.7 Å². The van der Waals surface area contributed by atoms with Crippen LogP contribution in [-0.4, -0.2) is 36.1 Å². The van der Waals surface area contributed by atoms with Gasteiger partial charge in [0.1, 0.15) is 4.88 Å². The van der Waals surface area contributed by atoms with Crippen molar-refractivity contribution in [3.8, 4) is 21.6 Å². The molecule has 1 aromatic carbocycles. The molecule has 1 unspecified atom stereocenters. The number of thiophene rings is 1. The highest BCUT2D eigenvalue weighted by molar-refractivity contribution is 7.18. The van der Waals surface area contributed by atoms with Crippen LogP contribution in [0, 0.1) is 0 Å². The molecule has 1 atom stereocenters. The lowest BCUT2D eigenvalue weighted by molar-refractivity contribution is 0.0935. The van der Waals surface area contributed by atoms with E-state index in [4.69, 9.17) is 5.73 Å². The van der Waals surface area contributed by atoms with Crippen LogP contribution < -0.4 is 21.7 Å². The van der Waals surface area contributed by atoms with Crippen LogP contribution in [0.3, 0.4) is 0 Å². The van der Waals surface area contributed by atoms with Gasteiger partial charge in [-0.25, -0.2) is 4.79 Å². The number of nitrogens with zero attached hydrogens (tertiary/aromatic N) is 1. The third-order valence-corrected chi connectivity index (χ3v) is 6.17. The number of carbonyl (C=O) groups excluding carboxylic acids is 2. The number of hydrogen-bond acceptors (Lipinski definition) is 5. The lowest BCUT2D eigenvalue weighted by Gasteiger charge is -2.23. The standard InChI is InChI=1S/C22H23N5O2S/c23-22(29)27-18-12-19(30-20(18)21(28)26-17-5-2-8-25-13-17)16-4-1-3-15(11-16)14-6-9-24-10-7-14/h1,3-4,6-7,9-12,17,25H,2,5,8,13H2,(H,26,28)(H3,23,27,29). The Bertz CT molecular complexity index is 1040. The third kappa shape index (κ3) is 4.67. The molecule has 1 aliphatic heterocycles. The van der Waals surface area contributed by atoms with Crippen molar-refractivity contribution in [1.29, 1.82) is 0 Å². The molecule has 3 amide bonds. The Morgan fingerprint density at radius 1 is 1.10 bits per heavy atom. The van der Waals surface area contributed by atoms with Gasteiger partial charge in [0.15, 0.2) is 0 Å². The van der Waals surface area contributed by atoms with Crippen molar-refractivity contribution in [3.63, 3.8) is 0 Å². The predicted octanol–water partition coefficient (Wildman–Crippen LogP) is 3.45. The van der Waals surface area contributed by atoms with Crippen molar-refractivity contribution >= 4 is 29.0 Å². The third-order valence-electron chi connectivity index (χ3n) is 4.99. The molecule has 154 valence electrons. The lowest BCUT2D eigenvalue weighted by atomic mass is 10.0. The summed E-state index contributed by atoms with van der Waals surface area (Å²) in [5.74, 6) is -0.200. The number of primary amides is 1. The topological polar surface area (TPSA) is 109 Å². The van der Waals surface area contributed by atoms with Crippen LogP contribution >= 0.6 is 11.3 Å². The fourth-order valence-electron chi connectivity index (χ4n) is 3.55. The molecule has 4 rings (SSSR count). The fourth-order valence-corrected chi connectivity index (χ4v) is 4.56. The molecule has 0 saturated carbocycles. The van der Waals surface area contributed by atoms with Crippen molar-refractivity contribution in [1.82, 2.24) is 15.6 Å². The quantitative estimate of drug-likeness (QED) is 0.506. The van der Waals surface area contributed by atoms with Crippen molar-refractivity contribution in [3.05, 3.63) is 59.7 Å². The number of nitrogens with two attached hydrogens (primary N) is 1. The SMILES string of the molecule is NC(=O)Nc1cc(-c2cccc(-c3ccncc3)c2)sc1C(=O)NC1CCCNC1. The molecule has 3 heterocycles. The zero-order valence-electron chi connectivity index (χ0n) is 16.4. The number of anilines is 1. The molecule has 0 spiro atoms. The van der Waals surface area contributed by atoms with Gasteiger partial charge in [-0.3, -0.25) is 9.78 Å². The summed E-state index contributed by atoms with van der Waals surface area (Å²) in [4.78, 5) is 29.8. The molecule has 7 nitrogen and oxygen atoms in total. The van der Waals surface area contributed by atoms with Crippen LogP contribution in [0.2, 0.25) is 0 Å². The Morgan fingerprint density at radius 3 is 2.63 bits per heavy atom. The Morgan fingerprint density at radius 2 is 1.90 bits per heavy atom. The predicted molar refractivity (Wildman–Crippen MR) is 120 cm³/mol. The Labute approximate surface area is 178 Å². The average Bonchev–Trinajstić information content (AvgIpc) is 3.18. The number of nitrogens with one attached hydrogen (secondary N) is 3. The van der Waals surface area contributed by atoms with Gasteiger partial charge in [-0.05, 0) is 60.3 Å². The number of piperidine rings is 1. The Kier molecular flexibility index (Phi) is 6.06. The van der Waals surface area contributed by atoms with E-state index < -0.39 is 6.03 Å². The first kappa shape index (κ1) is 20.1. The van der Waals surface area contributed by atoms with Crippen LogP contribution in [0.25, 0.3) is 21.6 Å². The summed E-state index contributed by atoms with van der Waals surface area (Å²) in [6.45, 7) is 1.72. The van der Waals surface area contributed by atoms with Gasteiger partial charge in [0.05, 0.1) is 5.69 Å². The smallest absolute Gasteiger partial charge is 0.316 e. The van der Waals surface area contributed by atoms with E-state index in [0.717, 1.165) is 47.5 Å². The highest BCUT2D eigenvalue weighted by Crippen LogP contribution is 2.36. The van der Waals surface area contributed by atoms with Crippen LogP contribution in [0.1, 0.15) is 22.5 Å². The molecule has 0 radical (unpaired) electrons. The number of urea groups is 1. The Balaban J connectivity index is 1.64. The van der Waals surface area contributed by atoms with Crippen molar-refractivity contribution < 1.29 is 9.59 Å². The van der Waals surface area contributed by atoms with Gasteiger partial charge in [-0.15, -0.1) is 11.3 Å². The largest absolute Gasteiger partial charge is 0.351 e. The maximum absolute atomic E-state index is 12.9. The summed E-state index contributed by atoms with van der Waals surface area (Å²) in [5.41, 5.74) is 8.83. The summed E-state index contributed by atoms with van der Waals surface area (Å²) < 4.78 is 0. The lowest BCUT2D eigenvalue weighted by Crippen LogP contribution is -2.45. The maximum atomic E-state index is 12.9. The fraction of sp³-hybridized carbons (Fsp3) is 0.227. The number of hydrogen-bond donors (Lipinski definition) is 4. The summed E-state index contributed by atoms with van der Waals surface area (Å²) in [7, 11) is 0. The molecular formula is C22H23N5O2S. The molecular weight excluding hydrogens is 398 g/mol. The second-order valence-electron chi connectivity index (χ2n) is 7.18. The number of pyridine rings is 1. The summed E-state index contributed by atoms with van der Waals surface area (Å²) in [6, 6.07) is 13.1. The first-order chi connectivity index (χ1) is 14.6. The second-order valence-corrected chi connectivity index (χ2v) is 8.23. The molecule has 1 fully saturated rings. The molecule has 0 bridgehead atoms. The van der Waals surface area contributed by atoms with E-state index in [0.29, 0.717) is 10.6 Å². The summed E-state index contributed by atoms with van der Waals surface area (Å²) in [5, 5.41) is 8.94. The van der Waals surface area contributed by atoms with Crippen molar-refractivity contribution in [2.45, 2.75) is 18.9 Å². The van der Waals surface area contributed by atoms with Crippen LogP contribution in [-0.2, 0) is 0 Å². The van der Waals surface area contributed by atoms with Crippen molar-refractivity contribution in [2.24, 2.45) is 5.73 Å². The minimum atomic E-state index is -0.696. The van der Waals surface area contributed by atoms with Crippen LogP contribution in [0.15, 0.2) is 54.9 Å². The van der Waals surface area contributed by atoms with Gasteiger partial charge >= 0.3 is 6.03 Å². The normalized spacial score (nSPS) is 16.1. The second kappa shape index (κ2) is 9.06. The number of rotatable bonds is 5. The van der Waals surface area contributed by atoms with Crippen LogP contribution in [0.4, 0.5) is 10.5 Å². The summed E-state index contributed by atoms with van der Waals surface area (Å²) >= 11 is 1.34.